The van der Waals surface area contributed by atoms with Gasteiger partial charge in [-0.3, -0.25) is 4.90 Å². The Hall–Kier alpha value is -0.520. The van der Waals surface area contributed by atoms with Crippen LogP contribution in [0.1, 0.15) is 33.6 Å². The molecule has 15 heavy (non-hydrogen) atoms. The molecule has 1 rings (SSSR count). The molecule has 0 amide bonds. The first-order valence-electron chi connectivity index (χ1n) is 5.92. The van der Waals surface area contributed by atoms with E-state index in [2.05, 4.69) is 50.5 Å². The zero-order chi connectivity index (χ0) is 11.8. The molecule has 0 aromatic carbocycles. The van der Waals surface area contributed by atoms with Crippen molar-refractivity contribution >= 4 is 0 Å². The first kappa shape index (κ1) is 14.5. The van der Waals surface area contributed by atoms with Crippen molar-refractivity contribution in [3.63, 3.8) is 0 Å². The normalized spacial score (nSPS) is 21.7. The fourth-order valence-corrected chi connectivity index (χ4v) is 2.19. The summed E-state index contributed by atoms with van der Waals surface area (Å²) in [5.74, 6) is 0. The van der Waals surface area contributed by atoms with E-state index in [4.69, 9.17) is 0 Å². The fourth-order valence-electron chi connectivity index (χ4n) is 2.19. The highest BCUT2D eigenvalue weighted by Crippen LogP contribution is 2.16. The Balaban J connectivity index is 0.000000921. The SMILES string of the molecule is C#C.CCN(CC1CCCN1C)C(C)C. The molecule has 1 aliphatic rings. The predicted molar refractivity (Wildman–Crippen MR) is 67.9 cm³/mol. The first-order valence-corrected chi connectivity index (χ1v) is 5.92. The second-order valence-electron chi connectivity index (χ2n) is 4.46. The lowest BCUT2D eigenvalue weighted by Crippen LogP contribution is -2.41. The summed E-state index contributed by atoms with van der Waals surface area (Å²) in [6.45, 7) is 10.6. The molecule has 1 saturated heterocycles. The number of likely N-dealkylation sites (N-methyl/N-ethyl adjacent to an activating group) is 2. The summed E-state index contributed by atoms with van der Waals surface area (Å²) in [6.07, 6.45) is 10.8. The van der Waals surface area contributed by atoms with Crippen LogP contribution in [-0.2, 0) is 0 Å². The highest BCUT2D eigenvalue weighted by molar-refractivity contribution is 4.80. The van der Waals surface area contributed by atoms with Gasteiger partial charge in [0.05, 0.1) is 0 Å². The van der Waals surface area contributed by atoms with Crippen molar-refractivity contribution in [1.29, 1.82) is 0 Å². The molecule has 1 atom stereocenters. The minimum atomic E-state index is 0.694. The molecule has 0 bridgehead atoms. The Kier molecular flexibility index (Phi) is 7.46. The molecule has 1 heterocycles. The molecule has 0 spiro atoms. The van der Waals surface area contributed by atoms with Crippen LogP contribution in [0.2, 0.25) is 0 Å². The van der Waals surface area contributed by atoms with Crippen LogP contribution in [-0.4, -0.2) is 48.6 Å². The quantitative estimate of drug-likeness (QED) is 0.655. The summed E-state index contributed by atoms with van der Waals surface area (Å²) < 4.78 is 0. The van der Waals surface area contributed by atoms with E-state index in [1.54, 1.807) is 0 Å². The Morgan fingerprint density at radius 3 is 2.33 bits per heavy atom. The predicted octanol–water partition coefficient (Wildman–Crippen LogP) is 2.06. The van der Waals surface area contributed by atoms with E-state index in [0.717, 1.165) is 6.04 Å². The fraction of sp³-hybridized carbons (Fsp3) is 0.846. The standard InChI is InChI=1S/C11H24N2.C2H2/c1-5-13(10(2)3)9-11-7-6-8-12(11)4;1-2/h10-11H,5-9H2,1-4H3;1-2H. The maximum absolute atomic E-state index is 4.00. The summed E-state index contributed by atoms with van der Waals surface area (Å²) in [6, 6.07) is 1.50. The van der Waals surface area contributed by atoms with Crippen molar-refractivity contribution in [2.45, 2.75) is 45.7 Å². The third kappa shape index (κ3) is 4.68. The molecule has 0 radical (unpaired) electrons. The van der Waals surface area contributed by atoms with E-state index in [9.17, 15) is 0 Å². The van der Waals surface area contributed by atoms with Gasteiger partial charge in [0.1, 0.15) is 0 Å². The maximum Gasteiger partial charge on any atom is 0.0220 e. The molecule has 0 N–H and O–H groups in total. The van der Waals surface area contributed by atoms with Gasteiger partial charge in [-0.25, -0.2) is 0 Å². The third-order valence-electron chi connectivity index (χ3n) is 3.25. The van der Waals surface area contributed by atoms with Crippen LogP contribution in [0.15, 0.2) is 0 Å². The van der Waals surface area contributed by atoms with Gasteiger partial charge in [-0.2, -0.15) is 0 Å². The van der Waals surface area contributed by atoms with Crippen molar-refractivity contribution in [3.8, 4) is 12.8 Å². The molecule has 0 aromatic rings. The third-order valence-corrected chi connectivity index (χ3v) is 3.25. The Morgan fingerprint density at radius 1 is 1.40 bits per heavy atom. The van der Waals surface area contributed by atoms with Crippen LogP contribution in [0.4, 0.5) is 0 Å². The van der Waals surface area contributed by atoms with Gasteiger partial charge in [0.25, 0.3) is 0 Å². The monoisotopic (exact) mass is 210 g/mol. The van der Waals surface area contributed by atoms with E-state index in [-0.39, 0.29) is 0 Å². The smallest absolute Gasteiger partial charge is 0.0220 e. The van der Waals surface area contributed by atoms with Gasteiger partial charge in [0.15, 0.2) is 0 Å². The van der Waals surface area contributed by atoms with Crippen molar-refractivity contribution in [3.05, 3.63) is 0 Å². The summed E-state index contributed by atoms with van der Waals surface area (Å²) in [5.41, 5.74) is 0. The number of hydrogen-bond donors (Lipinski definition) is 0. The summed E-state index contributed by atoms with van der Waals surface area (Å²) in [4.78, 5) is 5.07. The topological polar surface area (TPSA) is 6.48 Å². The summed E-state index contributed by atoms with van der Waals surface area (Å²) in [7, 11) is 2.26. The van der Waals surface area contributed by atoms with Gasteiger partial charge < -0.3 is 4.90 Å². The Morgan fingerprint density at radius 2 is 2.00 bits per heavy atom. The Labute approximate surface area is 95.6 Å². The van der Waals surface area contributed by atoms with Crippen LogP contribution in [0, 0.1) is 12.8 Å². The number of rotatable bonds is 4. The van der Waals surface area contributed by atoms with E-state index < -0.39 is 0 Å². The molecular weight excluding hydrogens is 184 g/mol. The second-order valence-corrected chi connectivity index (χ2v) is 4.46. The highest BCUT2D eigenvalue weighted by Gasteiger charge is 2.23. The van der Waals surface area contributed by atoms with Crippen LogP contribution in [0.5, 0.6) is 0 Å². The van der Waals surface area contributed by atoms with E-state index in [1.807, 2.05) is 0 Å². The lowest BCUT2D eigenvalue weighted by Gasteiger charge is -2.30. The average molecular weight is 210 g/mol. The first-order chi connectivity index (χ1) is 7.15. The van der Waals surface area contributed by atoms with E-state index >= 15 is 0 Å². The minimum Gasteiger partial charge on any atom is -0.302 e. The maximum atomic E-state index is 4.00. The summed E-state index contributed by atoms with van der Waals surface area (Å²) in [5, 5.41) is 0. The van der Waals surface area contributed by atoms with Crippen molar-refractivity contribution < 1.29 is 0 Å². The van der Waals surface area contributed by atoms with Crippen molar-refractivity contribution in [2.24, 2.45) is 0 Å². The lowest BCUT2D eigenvalue weighted by molar-refractivity contribution is 0.169. The second kappa shape index (κ2) is 7.73. The average Bonchev–Trinajstić information content (AvgIpc) is 2.63. The molecule has 2 heteroatoms. The van der Waals surface area contributed by atoms with Gasteiger partial charge >= 0.3 is 0 Å². The zero-order valence-electron chi connectivity index (χ0n) is 10.7. The number of terminal acetylenes is 1. The Bertz CT molecular complexity index is 175. The molecule has 1 unspecified atom stereocenters. The zero-order valence-corrected chi connectivity index (χ0v) is 10.7. The van der Waals surface area contributed by atoms with Crippen LogP contribution < -0.4 is 0 Å². The number of likely N-dealkylation sites (tertiary alicyclic amines) is 1. The van der Waals surface area contributed by atoms with E-state index in [0.29, 0.717) is 6.04 Å². The highest BCUT2D eigenvalue weighted by atomic mass is 15.2. The van der Waals surface area contributed by atoms with Gasteiger partial charge in [-0.1, -0.05) is 6.92 Å². The lowest BCUT2D eigenvalue weighted by atomic mass is 10.2. The van der Waals surface area contributed by atoms with Gasteiger partial charge in [0, 0.05) is 18.6 Å². The van der Waals surface area contributed by atoms with Gasteiger partial charge in [0.2, 0.25) is 0 Å². The molecule has 0 aliphatic carbocycles. The molecule has 1 aliphatic heterocycles. The molecule has 0 aromatic heterocycles. The minimum absolute atomic E-state index is 0.694. The van der Waals surface area contributed by atoms with Gasteiger partial charge in [-0.05, 0) is 46.8 Å². The molecular formula is C13H26N2. The van der Waals surface area contributed by atoms with E-state index in [1.165, 1.54) is 32.5 Å². The number of nitrogens with zero attached hydrogens (tertiary/aromatic N) is 2. The molecule has 0 saturated carbocycles. The van der Waals surface area contributed by atoms with Crippen molar-refractivity contribution in [2.75, 3.05) is 26.7 Å². The molecule has 2 nitrogen and oxygen atoms in total. The van der Waals surface area contributed by atoms with Crippen LogP contribution in [0.3, 0.4) is 0 Å². The molecule has 1 fully saturated rings. The largest absolute Gasteiger partial charge is 0.302 e. The van der Waals surface area contributed by atoms with Crippen molar-refractivity contribution in [1.82, 2.24) is 9.80 Å². The number of hydrogen-bond acceptors (Lipinski definition) is 2. The summed E-state index contributed by atoms with van der Waals surface area (Å²) >= 11 is 0. The van der Waals surface area contributed by atoms with Crippen LogP contribution in [0.25, 0.3) is 0 Å². The van der Waals surface area contributed by atoms with Gasteiger partial charge in [-0.15, -0.1) is 12.8 Å². The van der Waals surface area contributed by atoms with Crippen LogP contribution >= 0.6 is 0 Å². The molecule has 88 valence electrons.